The van der Waals surface area contributed by atoms with Crippen LogP contribution in [0.5, 0.6) is 0 Å². The number of nitrogens with one attached hydrogen (secondary N) is 2. The molecule has 0 spiro atoms. The lowest BCUT2D eigenvalue weighted by atomic mass is 10.2. The second-order valence-corrected chi connectivity index (χ2v) is 6.94. The molecule has 20 heavy (non-hydrogen) atoms. The lowest BCUT2D eigenvalue weighted by Gasteiger charge is -2.16. The summed E-state index contributed by atoms with van der Waals surface area (Å²) in [5.74, 6) is 0. The summed E-state index contributed by atoms with van der Waals surface area (Å²) in [5.41, 5.74) is 0.813. The van der Waals surface area contributed by atoms with E-state index in [2.05, 4.69) is 14.9 Å². The topological polar surface area (TPSA) is 61.4 Å². The fourth-order valence-electron chi connectivity index (χ4n) is 2.49. The van der Waals surface area contributed by atoms with E-state index in [4.69, 9.17) is 0 Å². The molecule has 112 valence electrons. The van der Waals surface area contributed by atoms with E-state index in [-0.39, 0.29) is 6.04 Å². The maximum Gasteiger partial charge on any atom is 0.241 e. The van der Waals surface area contributed by atoms with Crippen LogP contribution in [-0.4, -0.2) is 46.0 Å². The molecule has 5 nitrogen and oxygen atoms in total. The predicted molar refractivity (Wildman–Crippen MR) is 80.0 cm³/mol. The van der Waals surface area contributed by atoms with Crippen molar-refractivity contribution in [2.45, 2.75) is 30.8 Å². The van der Waals surface area contributed by atoms with Gasteiger partial charge in [0.15, 0.2) is 0 Å². The van der Waals surface area contributed by atoms with E-state index < -0.39 is 10.0 Å². The molecular weight excluding hydrogens is 274 g/mol. The highest BCUT2D eigenvalue weighted by Crippen LogP contribution is 2.17. The summed E-state index contributed by atoms with van der Waals surface area (Å²) >= 11 is 0. The van der Waals surface area contributed by atoms with Crippen molar-refractivity contribution in [2.24, 2.45) is 0 Å². The molecule has 0 saturated carbocycles. The van der Waals surface area contributed by atoms with Crippen molar-refractivity contribution >= 4 is 10.0 Å². The first kappa shape index (κ1) is 15.4. The molecule has 1 aromatic rings. The van der Waals surface area contributed by atoms with Gasteiger partial charge < -0.3 is 10.2 Å². The Morgan fingerprint density at radius 3 is 2.75 bits per heavy atom. The zero-order chi connectivity index (χ0) is 14.6. The molecule has 0 radical (unpaired) electrons. The van der Waals surface area contributed by atoms with E-state index in [0.717, 1.165) is 31.6 Å². The van der Waals surface area contributed by atoms with Gasteiger partial charge in [0.1, 0.15) is 0 Å². The first-order valence-corrected chi connectivity index (χ1v) is 8.50. The number of rotatable bonds is 6. The molecule has 0 aromatic heterocycles. The van der Waals surface area contributed by atoms with Gasteiger partial charge in [0.25, 0.3) is 0 Å². The third-order valence-corrected chi connectivity index (χ3v) is 5.16. The molecule has 1 aliphatic rings. The van der Waals surface area contributed by atoms with E-state index >= 15 is 0 Å². The molecular formula is C14H23N3O2S. The Balaban J connectivity index is 2.16. The normalized spacial score (nSPS) is 20.4. The van der Waals surface area contributed by atoms with E-state index in [1.165, 1.54) is 0 Å². The average Bonchev–Trinajstić information content (AvgIpc) is 2.81. The minimum absolute atomic E-state index is 0.0113. The maximum atomic E-state index is 12.5. The van der Waals surface area contributed by atoms with Crippen LogP contribution in [0.3, 0.4) is 0 Å². The Kier molecular flexibility index (Phi) is 5.15. The van der Waals surface area contributed by atoms with Gasteiger partial charge in [0, 0.05) is 19.1 Å². The molecule has 2 rings (SSSR count). The summed E-state index contributed by atoms with van der Waals surface area (Å²) in [6, 6.07) is 7.18. The van der Waals surface area contributed by atoms with Gasteiger partial charge in [0.2, 0.25) is 10.0 Å². The third kappa shape index (κ3) is 3.79. The number of sulfonamides is 1. The van der Waals surface area contributed by atoms with Crippen LogP contribution < -0.4 is 10.0 Å². The van der Waals surface area contributed by atoms with Crippen molar-refractivity contribution < 1.29 is 8.42 Å². The lowest BCUT2D eigenvalue weighted by molar-refractivity contribution is 0.407. The first-order valence-electron chi connectivity index (χ1n) is 7.02. The van der Waals surface area contributed by atoms with Crippen molar-refractivity contribution in [2.75, 3.05) is 26.7 Å². The van der Waals surface area contributed by atoms with Crippen molar-refractivity contribution in [1.29, 1.82) is 0 Å². The Labute approximate surface area is 121 Å². The second kappa shape index (κ2) is 6.67. The fraction of sp³-hybridized carbons (Fsp3) is 0.571. The third-order valence-electron chi connectivity index (χ3n) is 3.54. The van der Waals surface area contributed by atoms with Crippen LogP contribution in [0.15, 0.2) is 29.2 Å². The number of benzene rings is 1. The lowest BCUT2D eigenvalue weighted by Crippen LogP contribution is -2.37. The predicted octanol–water partition coefficient (Wildman–Crippen LogP) is 0.779. The van der Waals surface area contributed by atoms with Crippen LogP contribution >= 0.6 is 0 Å². The summed E-state index contributed by atoms with van der Waals surface area (Å²) in [7, 11) is -1.44. The van der Waals surface area contributed by atoms with Gasteiger partial charge in [-0.15, -0.1) is 0 Å². The molecule has 1 saturated heterocycles. The smallest absolute Gasteiger partial charge is 0.241 e. The molecule has 2 N–H and O–H groups in total. The van der Waals surface area contributed by atoms with Crippen LogP contribution in [-0.2, 0) is 16.6 Å². The van der Waals surface area contributed by atoms with Gasteiger partial charge in [0.05, 0.1) is 4.90 Å². The average molecular weight is 297 g/mol. The van der Waals surface area contributed by atoms with Crippen LogP contribution in [0.1, 0.15) is 18.9 Å². The van der Waals surface area contributed by atoms with Gasteiger partial charge in [-0.2, -0.15) is 0 Å². The zero-order valence-corrected chi connectivity index (χ0v) is 12.9. The molecule has 1 aliphatic heterocycles. The molecule has 1 atom stereocenters. The molecule has 1 aromatic carbocycles. The standard InChI is InChI=1S/C14H23N3O2S/c1-3-15-10-12-6-4-5-7-14(12)20(18,19)16-13-8-9-17(2)11-13/h4-7,13,15-16H,3,8-11H2,1-2H3. The summed E-state index contributed by atoms with van der Waals surface area (Å²) in [6.07, 6.45) is 0.866. The van der Waals surface area contributed by atoms with Gasteiger partial charge in [-0.1, -0.05) is 25.1 Å². The van der Waals surface area contributed by atoms with Crippen molar-refractivity contribution in [1.82, 2.24) is 14.9 Å². The minimum Gasteiger partial charge on any atom is -0.313 e. The summed E-state index contributed by atoms with van der Waals surface area (Å²) in [6.45, 7) is 5.10. The van der Waals surface area contributed by atoms with Crippen molar-refractivity contribution in [3.63, 3.8) is 0 Å². The molecule has 0 amide bonds. The number of likely N-dealkylation sites (tertiary alicyclic amines) is 1. The summed E-state index contributed by atoms with van der Waals surface area (Å²) in [4.78, 5) is 2.52. The highest BCUT2D eigenvalue weighted by atomic mass is 32.2. The summed E-state index contributed by atoms with van der Waals surface area (Å²) in [5, 5.41) is 3.18. The quantitative estimate of drug-likeness (QED) is 0.814. The Morgan fingerprint density at radius 2 is 2.10 bits per heavy atom. The van der Waals surface area contributed by atoms with Crippen molar-refractivity contribution in [3.8, 4) is 0 Å². The van der Waals surface area contributed by atoms with E-state index in [9.17, 15) is 8.42 Å². The van der Waals surface area contributed by atoms with Crippen LogP contribution in [0, 0.1) is 0 Å². The van der Waals surface area contributed by atoms with Gasteiger partial charge in [-0.25, -0.2) is 13.1 Å². The SMILES string of the molecule is CCNCc1ccccc1S(=O)(=O)NC1CCN(C)C1. The van der Waals surface area contributed by atoms with Crippen LogP contribution in [0.2, 0.25) is 0 Å². The van der Waals surface area contributed by atoms with Crippen LogP contribution in [0.25, 0.3) is 0 Å². The molecule has 0 bridgehead atoms. The molecule has 1 fully saturated rings. The number of likely N-dealkylation sites (N-methyl/N-ethyl adjacent to an activating group) is 1. The molecule has 0 aliphatic carbocycles. The van der Waals surface area contributed by atoms with Gasteiger partial charge >= 0.3 is 0 Å². The highest BCUT2D eigenvalue weighted by molar-refractivity contribution is 7.89. The Bertz CT molecular complexity index is 545. The van der Waals surface area contributed by atoms with Crippen LogP contribution in [0.4, 0.5) is 0 Å². The Morgan fingerprint density at radius 1 is 1.35 bits per heavy atom. The summed E-state index contributed by atoms with van der Waals surface area (Å²) < 4.78 is 27.9. The van der Waals surface area contributed by atoms with E-state index in [1.54, 1.807) is 12.1 Å². The zero-order valence-electron chi connectivity index (χ0n) is 12.1. The van der Waals surface area contributed by atoms with Gasteiger partial charge in [-0.05, 0) is 38.2 Å². The molecule has 1 unspecified atom stereocenters. The second-order valence-electron chi connectivity index (χ2n) is 5.26. The monoisotopic (exact) mass is 297 g/mol. The molecule has 6 heteroatoms. The van der Waals surface area contributed by atoms with E-state index in [0.29, 0.717) is 11.4 Å². The highest BCUT2D eigenvalue weighted by Gasteiger charge is 2.26. The first-order chi connectivity index (χ1) is 9.53. The number of nitrogens with zero attached hydrogens (tertiary/aromatic N) is 1. The Hall–Kier alpha value is -0.950. The minimum atomic E-state index is -3.44. The largest absolute Gasteiger partial charge is 0.313 e. The van der Waals surface area contributed by atoms with Crippen molar-refractivity contribution in [3.05, 3.63) is 29.8 Å². The maximum absolute atomic E-state index is 12.5. The van der Waals surface area contributed by atoms with Gasteiger partial charge in [-0.3, -0.25) is 0 Å². The number of hydrogen-bond donors (Lipinski definition) is 2. The molecule has 1 heterocycles. The number of hydrogen-bond acceptors (Lipinski definition) is 4. The fourth-order valence-corrected chi connectivity index (χ4v) is 3.99. The van der Waals surface area contributed by atoms with E-state index in [1.807, 2.05) is 26.1 Å².